The molecule has 3 atom stereocenters. The molecule has 0 N–H and O–H groups in total. The number of fused-ring (bicyclic) bond motifs is 4. The molecule has 1 saturated carbocycles. The molecule has 1 saturated heterocycles. The Labute approximate surface area is 122 Å². The number of piperazine rings is 1. The summed E-state index contributed by atoms with van der Waals surface area (Å²) in [7, 11) is 2.26. The molecular weight excluding hydrogens is 244 g/mol. The van der Waals surface area contributed by atoms with Crippen molar-refractivity contribution in [1.82, 2.24) is 9.80 Å². The molecule has 1 aliphatic heterocycles. The van der Waals surface area contributed by atoms with E-state index in [-0.39, 0.29) is 0 Å². The molecule has 0 radical (unpaired) electrons. The molecule has 1 aromatic carbocycles. The smallest absolute Gasteiger partial charge is 0.0128 e. The molecule has 3 unspecified atom stereocenters. The van der Waals surface area contributed by atoms with Crippen molar-refractivity contribution in [3.8, 4) is 0 Å². The molecule has 3 aliphatic rings. The number of hydrogen-bond donors (Lipinski definition) is 0. The van der Waals surface area contributed by atoms with Gasteiger partial charge < -0.3 is 4.90 Å². The Balaban J connectivity index is 1.53. The van der Waals surface area contributed by atoms with Crippen LogP contribution in [0.3, 0.4) is 0 Å². The summed E-state index contributed by atoms with van der Waals surface area (Å²) in [6, 6.07) is 10.1. The second-order valence-electron chi connectivity index (χ2n) is 7.08. The number of nitrogens with zero attached hydrogens (tertiary/aromatic N) is 2. The minimum absolute atomic E-state index is 0.855. The van der Waals surface area contributed by atoms with Gasteiger partial charge in [0.15, 0.2) is 0 Å². The molecule has 1 aromatic rings. The van der Waals surface area contributed by atoms with Crippen LogP contribution in [0.15, 0.2) is 24.3 Å². The van der Waals surface area contributed by atoms with Gasteiger partial charge in [-0.2, -0.15) is 0 Å². The molecule has 2 fully saturated rings. The van der Waals surface area contributed by atoms with Crippen LogP contribution in [-0.2, 0) is 6.42 Å². The first-order valence-corrected chi connectivity index (χ1v) is 8.31. The lowest BCUT2D eigenvalue weighted by Crippen LogP contribution is -2.53. The van der Waals surface area contributed by atoms with E-state index in [1.54, 1.807) is 11.1 Å². The maximum Gasteiger partial charge on any atom is 0.0128 e. The highest BCUT2D eigenvalue weighted by atomic mass is 15.3. The molecule has 108 valence electrons. The van der Waals surface area contributed by atoms with Crippen LogP contribution in [0.25, 0.3) is 0 Å². The zero-order chi connectivity index (χ0) is 13.5. The van der Waals surface area contributed by atoms with Gasteiger partial charge in [0.1, 0.15) is 0 Å². The summed E-state index contributed by atoms with van der Waals surface area (Å²) >= 11 is 0. The van der Waals surface area contributed by atoms with Crippen molar-refractivity contribution in [2.75, 3.05) is 33.2 Å². The first-order valence-electron chi connectivity index (χ1n) is 8.31. The third-order valence-electron chi connectivity index (χ3n) is 5.93. The summed E-state index contributed by atoms with van der Waals surface area (Å²) in [6.45, 7) is 5.07. The van der Waals surface area contributed by atoms with Crippen LogP contribution in [0.5, 0.6) is 0 Å². The van der Waals surface area contributed by atoms with Crippen molar-refractivity contribution < 1.29 is 0 Å². The van der Waals surface area contributed by atoms with E-state index >= 15 is 0 Å². The molecule has 1 heterocycles. The highest BCUT2D eigenvalue weighted by Gasteiger charge is 2.39. The molecule has 2 aliphatic carbocycles. The maximum atomic E-state index is 2.80. The minimum Gasteiger partial charge on any atom is -0.304 e. The minimum atomic E-state index is 0.855. The van der Waals surface area contributed by atoms with Gasteiger partial charge in [0.25, 0.3) is 0 Å². The Hall–Kier alpha value is -0.860. The van der Waals surface area contributed by atoms with Crippen LogP contribution in [0, 0.1) is 5.92 Å². The van der Waals surface area contributed by atoms with E-state index in [1.807, 2.05) is 0 Å². The maximum absolute atomic E-state index is 2.80. The van der Waals surface area contributed by atoms with Gasteiger partial charge in [-0.3, -0.25) is 4.90 Å². The predicted molar refractivity (Wildman–Crippen MR) is 83.1 cm³/mol. The fraction of sp³-hybridized carbons (Fsp3) is 0.667. The molecule has 0 spiro atoms. The average Bonchev–Trinajstić information content (AvgIpc) is 2.49. The molecular formula is C18H26N2. The van der Waals surface area contributed by atoms with Crippen LogP contribution in [0.2, 0.25) is 0 Å². The van der Waals surface area contributed by atoms with E-state index in [2.05, 4.69) is 41.1 Å². The highest BCUT2D eigenvalue weighted by Crippen LogP contribution is 2.45. The molecule has 0 aromatic heterocycles. The fourth-order valence-corrected chi connectivity index (χ4v) is 4.78. The Morgan fingerprint density at radius 3 is 2.65 bits per heavy atom. The lowest BCUT2D eigenvalue weighted by molar-refractivity contribution is 0.0492. The van der Waals surface area contributed by atoms with E-state index in [4.69, 9.17) is 0 Å². The lowest BCUT2D eigenvalue weighted by Gasteiger charge is -2.48. The van der Waals surface area contributed by atoms with Gasteiger partial charge in [-0.05, 0) is 55.7 Å². The molecule has 4 rings (SSSR count). The van der Waals surface area contributed by atoms with Crippen molar-refractivity contribution in [2.45, 2.75) is 37.6 Å². The number of benzene rings is 1. The molecule has 20 heavy (non-hydrogen) atoms. The normalized spacial score (nSPS) is 34.8. The van der Waals surface area contributed by atoms with E-state index < -0.39 is 0 Å². The van der Waals surface area contributed by atoms with Crippen LogP contribution in [0.4, 0.5) is 0 Å². The first-order chi connectivity index (χ1) is 9.81. The van der Waals surface area contributed by atoms with E-state index in [0.717, 1.165) is 17.9 Å². The summed E-state index contributed by atoms with van der Waals surface area (Å²) in [4.78, 5) is 5.27. The topological polar surface area (TPSA) is 6.48 Å². The Morgan fingerprint density at radius 1 is 1.00 bits per heavy atom. The van der Waals surface area contributed by atoms with Crippen LogP contribution in [-0.4, -0.2) is 49.1 Å². The monoisotopic (exact) mass is 270 g/mol. The van der Waals surface area contributed by atoms with Crippen LogP contribution >= 0.6 is 0 Å². The predicted octanol–water partition coefficient (Wildman–Crippen LogP) is 2.74. The van der Waals surface area contributed by atoms with Crippen molar-refractivity contribution in [2.24, 2.45) is 5.92 Å². The molecule has 2 nitrogen and oxygen atoms in total. The van der Waals surface area contributed by atoms with Crippen molar-refractivity contribution in [3.63, 3.8) is 0 Å². The largest absolute Gasteiger partial charge is 0.304 e. The zero-order valence-electron chi connectivity index (χ0n) is 12.6. The first kappa shape index (κ1) is 12.8. The van der Waals surface area contributed by atoms with Crippen molar-refractivity contribution in [1.29, 1.82) is 0 Å². The van der Waals surface area contributed by atoms with E-state index in [0.29, 0.717) is 0 Å². The fourth-order valence-electron chi connectivity index (χ4n) is 4.78. The van der Waals surface area contributed by atoms with E-state index in [9.17, 15) is 0 Å². The molecule has 2 heteroatoms. The summed E-state index contributed by atoms with van der Waals surface area (Å²) in [5.41, 5.74) is 3.31. The van der Waals surface area contributed by atoms with Gasteiger partial charge in [0.2, 0.25) is 0 Å². The van der Waals surface area contributed by atoms with Gasteiger partial charge in [-0.1, -0.05) is 24.3 Å². The van der Waals surface area contributed by atoms with Gasteiger partial charge >= 0.3 is 0 Å². The zero-order valence-corrected chi connectivity index (χ0v) is 12.6. The summed E-state index contributed by atoms with van der Waals surface area (Å²) < 4.78 is 0. The third-order valence-corrected chi connectivity index (χ3v) is 5.93. The van der Waals surface area contributed by atoms with Gasteiger partial charge in [-0.25, -0.2) is 0 Å². The number of likely N-dealkylation sites (N-methyl/N-ethyl adjacent to an activating group) is 1. The second-order valence-corrected chi connectivity index (χ2v) is 7.08. The quantitative estimate of drug-likeness (QED) is 0.774. The molecule has 0 amide bonds. The third kappa shape index (κ3) is 2.19. The van der Waals surface area contributed by atoms with Crippen molar-refractivity contribution >= 4 is 0 Å². The molecule has 2 bridgehead atoms. The average molecular weight is 270 g/mol. The SMILES string of the molecule is CN1CCN(C2CCC3CC2Cc2ccccc23)CC1. The summed E-state index contributed by atoms with van der Waals surface area (Å²) in [5.74, 6) is 1.76. The van der Waals surface area contributed by atoms with Gasteiger partial charge in [0, 0.05) is 32.2 Å². The summed E-state index contributed by atoms with van der Waals surface area (Å²) in [6.07, 6.45) is 5.59. The van der Waals surface area contributed by atoms with Gasteiger partial charge in [0.05, 0.1) is 0 Å². The summed E-state index contributed by atoms with van der Waals surface area (Å²) in [5, 5.41) is 0. The number of hydrogen-bond acceptors (Lipinski definition) is 2. The highest BCUT2D eigenvalue weighted by molar-refractivity contribution is 5.34. The van der Waals surface area contributed by atoms with Crippen LogP contribution < -0.4 is 0 Å². The standard InChI is InChI=1S/C18H26N2/c1-19-8-10-20(11-9-19)18-7-6-15-13-16(18)12-14-4-2-3-5-17(14)15/h2-5,15-16,18H,6-13H2,1H3. The Kier molecular flexibility index (Phi) is 3.31. The number of rotatable bonds is 1. The Bertz CT molecular complexity index is 476. The van der Waals surface area contributed by atoms with E-state index in [1.165, 1.54) is 51.9 Å². The van der Waals surface area contributed by atoms with Gasteiger partial charge in [-0.15, -0.1) is 0 Å². The van der Waals surface area contributed by atoms with Crippen molar-refractivity contribution in [3.05, 3.63) is 35.4 Å². The van der Waals surface area contributed by atoms with Crippen LogP contribution in [0.1, 0.15) is 36.3 Å². The lowest BCUT2D eigenvalue weighted by atomic mass is 9.66. The second kappa shape index (κ2) is 5.16. The Morgan fingerprint density at radius 2 is 1.80 bits per heavy atom.